The molecule has 61 heavy (non-hydrogen) atoms. The first kappa shape index (κ1) is 49.6. The Morgan fingerprint density at radius 1 is 0.984 bits per heavy atom. The number of hydrogen-bond acceptors (Lipinski definition) is 20. The van der Waals surface area contributed by atoms with Gasteiger partial charge in [-0.25, -0.2) is 9.65 Å². The Labute approximate surface area is 351 Å². The lowest BCUT2D eigenvalue weighted by Gasteiger charge is -2.46. The Morgan fingerprint density at radius 3 is 2.15 bits per heavy atom. The van der Waals surface area contributed by atoms with Crippen LogP contribution in [-0.2, 0) is 71.6 Å². The number of imidazole rings is 1. The normalized spacial score (nSPS) is 26.4. The van der Waals surface area contributed by atoms with Crippen molar-refractivity contribution in [3.8, 4) is 0 Å². The number of H-pyrrole nitrogens is 1. The Balaban J connectivity index is 1.41. The molecule has 0 saturated carbocycles. The summed E-state index contributed by atoms with van der Waals surface area (Å²) >= 11 is 0. The van der Waals surface area contributed by atoms with Crippen molar-refractivity contribution in [2.45, 2.75) is 122 Å². The molecule has 2 fully saturated rings. The van der Waals surface area contributed by atoms with Crippen molar-refractivity contribution in [1.82, 2.24) is 29.5 Å². The summed E-state index contributed by atoms with van der Waals surface area (Å²) in [6, 6.07) is -1.95. The number of hydrogen-bond donors (Lipinski definition) is 5. The molecule has 0 bridgehead atoms. The number of amides is 1. The molecular weight excluding hydrogens is 833 g/mol. The van der Waals surface area contributed by atoms with Gasteiger partial charge in [0.1, 0.15) is 31.2 Å². The van der Waals surface area contributed by atoms with Gasteiger partial charge in [0.15, 0.2) is 29.7 Å². The van der Waals surface area contributed by atoms with Crippen LogP contribution in [0.15, 0.2) is 11.1 Å². The molecule has 0 aliphatic carbocycles. The average molecular weight is 892 g/mol. The summed E-state index contributed by atoms with van der Waals surface area (Å²) in [5.41, 5.74) is 3.00. The minimum Gasteiger partial charge on any atom is -0.463 e. The zero-order valence-electron chi connectivity index (χ0n) is 35.5. The zero-order valence-corrected chi connectivity index (χ0v) is 36.4. The fourth-order valence-electron chi connectivity index (χ4n) is 7.34. The second kappa shape index (κ2) is 21.8. The highest BCUT2D eigenvalue weighted by molar-refractivity contribution is 7.57. The molecule has 24 nitrogen and oxygen atoms in total. The van der Waals surface area contributed by atoms with Gasteiger partial charge >= 0.3 is 25.4 Å². The first-order valence-electron chi connectivity index (χ1n) is 19.7. The van der Waals surface area contributed by atoms with Gasteiger partial charge in [0.05, 0.1) is 52.4 Å². The van der Waals surface area contributed by atoms with Crippen LogP contribution in [0.3, 0.4) is 0 Å². The minimum atomic E-state index is -4.34. The summed E-state index contributed by atoms with van der Waals surface area (Å²) in [7, 11) is -4.34. The topological polar surface area (TPSA) is 314 Å². The number of aliphatic hydroxyl groups is 2. The second-order valence-corrected chi connectivity index (χ2v) is 17.3. The van der Waals surface area contributed by atoms with Crippen LogP contribution in [0.4, 0.5) is 5.95 Å². The molecule has 1 amide bonds. The van der Waals surface area contributed by atoms with E-state index in [9.17, 15) is 34.2 Å². The molecule has 4 heterocycles. The van der Waals surface area contributed by atoms with Crippen molar-refractivity contribution < 1.29 is 76.4 Å². The van der Waals surface area contributed by atoms with Crippen LogP contribution in [0.5, 0.6) is 0 Å². The molecule has 6 N–H and O–H groups in total. The Hall–Kier alpha value is -4.10. The number of anilines is 1. The minimum absolute atomic E-state index is 0.00583. The van der Waals surface area contributed by atoms with Gasteiger partial charge in [-0.1, -0.05) is 0 Å². The van der Waals surface area contributed by atoms with E-state index in [0.29, 0.717) is 0 Å². The predicted molar refractivity (Wildman–Crippen MR) is 210 cm³/mol. The summed E-state index contributed by atoms with van der Waals surface area (Å²) in [6.45, 7) is 10.6. The summed E-state index contributed by atoms with van der Waals surface area (Å²) in [4.78, 5) is 71.4. The maximum atomic E-state index is 15.7. The van der Waals surface area contributed by atoms with Gasteiger partial charge in [0.25, 0.3) is 5.56 Å². The average Bonchev–Trinajstić information content (AvgIpc) is 3.74. The van der Waals surface area contributed by atoms with Gasteiger partial charge in [-0.3, -0.25) is 38.1 Å². The Kier molecular flexibility index (Phi) is 17.7. The molecule has 0 aromatic carbocycles. The van der Waals surface area contributed by atoms with Crippen molar-refractivity contribution in [1.29, 1.82) is 0 Å². The lowest BCUT2D eigenvalue weighted by molar-refractivity contribution is -0.279. The Morgan fingerprint density at radius 2 is 1.59 bits per heavy atom. The standard InChI is InChI=1S/C36H58N7O17P/c1-19(2)43(20(3)4)61(51,36(15-25(49)26(16-44)60-36)42-18-38-29-32(42)40-35(37)41-33(29)50)56-14-12-53-10-9-52-11-13-54-34-28(39-21(5)45)31(58-24(8)48)30(57-23(7)47)27(59-34)17-55-22(6)46/h18-20,25-28,30-31,34,44,49H,9-17H2,1-8H3,(H,39,45)(H3,37,40,41,50)/t25-,26+,27+,28+,30-,31+,34+,36-,61?/m0/s1. The van der Waals surface area contributed by atoms with Gasteiger partial charge in [-0.05, 0) is 27.7 Å². The molecule has 9 atom stereocenters. The number of nitrogens with one attached hydrogen (secondary N) is 2. The first-order chi connectivity index (χ1) is 28.8. The number of aromatic nitrogens is 4. The quantitative estimate of drug-likeness (QED) is 0.0430. The lowest BCUT2D eigenvalue weighted by atomic mass is 9.96. The van der Waals surface area contributed by atoms with Crippen molar-refractivity contribution in [2.75, 3.05) is 58.6 Å². The number of nitrogens with zero attached hydrogens (tertiary/aromatic N) is 4. The molecule has 344 valence electrons. The number of aromatic amines is 1. The van der Waals surface area contributed by atoms with E-state index in [0.717, 1.165) is 13.8 Å². The summed E-state index contributed by atoms with van der Waals surface area (Å²) in [5.74, 6) is -2.89. The van der Waals surface area contributed by atoms with Crippen LogP contribution in [0.25, 0.3) is 11.2 Å². The van der Waals surface area contributed by atoms with Gasteiger partial charge in [-0.2, -0.15) is 4.98 Å². The number of aliphatic hydroxyl groups excluding tert-OH is 2. The van der Waals surface area contributed by atoms with E-state index in [1.165, 1.54) is 24.7 Å². The molecular formula is C36H58N7O17P. The number of fused-ring (bicyclic) bond motifs is 1. The molecule has 0 radical (unpaired) electrons. The number of nitrogens with two attached hydrogens (primary N) is 1. The molecule has 0 spiro atoms. The lowest BCUT2D eigenvalue weighted by Crippen LogP contribution is -2.66. The number of esters is 3. The van der Waals surface area contributed by atoms with Crippen LogP contribution in [0.2, 0.25) is 0 Å². The van der Waals surface area contributed by atoms with Gasteiger partial charge in [0.2, 0.25) is 17.3 Å². The fraction of sp³-hybridized carbons (Fsp3) is 0.750. The predicted octanol–water partition coefficient (Wildman–Crippen LogP) is -0.511. The molecule has 2 aliphatic rings. The third-order valence-electron chi connectivity index (χ3n) is 9.48. The zero-order chi connectivity index (χ0) is 45.2. The van der Waals surface area contributed by atoms with Crippen LogP contribution >= 0.6 is 7.52 Å². The van der Waals surface area contributed by atoms with Crippen molar-refractivity contribution in [3.05, 3.63) is 16.7 Å². The van der Waals surface area contributed by atoms with Crippen LogP contribution in [-0.4, -0.2) is 166 Å². The monoisotopic (exact) mass is 891 g/mol. The van der Waals surface area contributed by atoms with E-state index in [1.54, 1.807) is 4.67 Å². The van der Waals surface area contributed by atoms with E-state index < -0.39 is 104 Å². The summed E-state index contributed by atoms with van der Waals surface area (Å²) in [6.07, 6.45) is -6.54. The number of carbonyl (C=O) groups is 4. The smallest absolute Gasteiger partial charge is 0.325 e. The van der Waals surface area contributed by atoms with Crippen molar-refractivity contribution >= 4 is 48.4 Å². The van der Waals surface area contributed by atoms with Gasteiger partial charge < -0.3 is 63.7 Å². The number of nitrogen functional groups attached to an aromatic ring is 1. The Bertz CT molecular complexity index is 1920. The van der Waals surface area contributed by atoms with Gasteiger partial charge in [0, 0.05) is 46.2 Å². The van der Waals surface area contributed by atoms with E-state index in [1.807, 2.05) is 27.7 Å². The highest BCUT2D eigenvalue weighted by Crippen LogP contribution is 2.70. The second-order valence-electron chi connectivity index (χ2n) is 14.8. The third-order valence-corrected chi connectivity index (χ3v) is 12.9. The molecule has 2 aromatic heterocycles. The van der Waals surface area contributed by atoms with E-state index in [4.69, 9.17) is 48.2 Å². The molecule has 25 heteroatoms. The molecule has 2 aromatic rings. The highest BCUT2D eigenvalue weighted by Gasteiger charge is 2.64. The maximum Gasteiger partial charge on any atom is 0.325 e. The van der Waals surface area contributed by atoms with E-state index in [-0.39, 0.29) is 69.8 Å². The number of rotatable bonds is 22. The largest absolute Gasteiger partial charge is 0.463 e. The highest BCUT2D eigenvalue weighted by atomic mass is 31.2. The molecule has 4 rings (SSSR count). The van der Waals surface area contributed by atoms with E-state index >= 15 is 4.57 Å². The molecule has 1 unspecified atom stereocenters. The van der Waals surface area contributed by atoms with Gasteiger partial charge in [-0.15, -0.1) is 0 Å². The SMILES string of the molecule is CC(=O)N[C@H]1[C@H](OCCOCCOCCOP(=O)(N(C(C)C)C(C)C)[C@]2(n3cnc4c(=O)[nH]c(N)nc43)C[C@H](O)[C@@H](CO)O2)O[C@H](COC(C)=O)[C@H](OC(C)=O)[C@@H]1OC(C)=O. The number of carbonyl (C=O) groups excluding carboxylic acids is 4. The molecule has 2 aliphatic heterocycles. The molecule has 2 saturated heterocycles. The maximum absolute atomic E-state index is 15.7. The van der Waals surface area contributed by atoms with Crippen molar-refractivity contribution in [3.63, 3.8) is 0 Å². The van der Waals surface area contributed by atoms with Crippen molar-refractivity contribution in [2.24, 2.45) is 0 Å². The first-order valence-corrected chi connectivity index (χ1v) is 21.2. The summed E-state index contributed by atoms with van der Waals surface area (Å²) in [5, 5.41) is 23.8. The summed E-state index contributed by atoms with van der Waals surface area (Å²) < 4.78 is 70.3. The number of ether oxygens (including phenoxy) is 8. The van der Waals surface area contributed by atoms with Crippen LogP contribution in [0, 0.1) is 0 Å². The fourth-order valence-corrected chi connectivity index (χ4v) is 10.7. The van der Waals surface area contributed by atoms with Crippen LogP contribution in [0.1, 0.15) is 61.8 Å². The van der Waals surface area contributed by atoms with Crippen LogP contribution < -0.4 is 16.6 Å². The van der Waals surface area contributed by atoms with E-state index in [2.05, 4.69) is 20.3 Å². The third kappa shape index (κ3) is 11.9.